The quantitative estimate of drug-likeness (QED) is 0.742. The van der Waals surface area contributed by atoms with E-state index >= 15 is 0 Å². The van der Waals surface area contributed by atoms with Crippen LogP contribution in [0.1, 0.15) is 17.1 Å². The van der Waals surface area contributed by atoms with Gasteiger partial charge in [-0.05, 0) is 19.1 Å². The van der Waals surface area contributed by atoms with Gasteiger partial charge in [-0.15, -0.1) is 0 Å². The molecule has 0 atom stereocenters. The number of aromatic nitrogens is 3. The number of methoxy groups -OCH3 is 1. The van der Waals surface area contributed by atoms with Crippen molar-refractivity contribution in [1.82, 2.24) is 20.2 Å². The van der Waals surface area contributed by atoms with Gasteiger partial charge in [0, 0.05) is 32.1 Å². The van der Waals surface area contributed by atoms with E-state index in [9.17, 15) is 0 Å². The molecule has 0 radical (unpaired) electrons. The highest BCUT2D eigenvalue weighted by molar-refractivity contribution is 5.12. The number of aryl methyl sites for hydroxylation is 1. The maximum absolute atomic E-state index is 4.99. The van der Waals surface area contributed by atoms with Crippen molar-refractivity contribution < 1.29 is 9.37 Å². The molecule has 2 aromatic rings. The summed E-state index contributed by atoms with van der Waals surface area (Å²) in [7, 11) is 1.70. The summed E-state index contributed by atoms with van der Waals surface area (Å²) in [4.78, 5) is 0. The lowest BCUT2D eigenvalue weighted by Gasteiger charge is -2.08. The summed E-state index contributed by atoms with van der Waals surface area (Å²) < 4.78 is 11.8. The van der Waals surface area contributed by atoms with Gasteiger partial charge in [0.1, 0.15) is 11.4 Å². The van der Waals surface area contributed by atoms with Crippen LogP contribution in [0.15, 0.2) is 23.0 Å². The predicted molar refractivity (Wildman–Crippen MR) is 66.2 cm³/mol. The van der Waals surface area contributed by atoms with Crippen molar-refractivity contribution in [3.05, 3.63) is 35.4 Å². The zero-order chi connectivity index (χ0) is 12.8. The predicted octanol–water partition coefficient (Wildman–Crippen LogP) is 0.964. The van der Waals surface area contributed by atoms with Crippen LogP contribution in [0.25, 0.3) is 0 Å². The normalized spacial score (nSPS) is 11.0. The average Bonchev–Trinajstić information content (AvgIpc) is 2.96. The number of hydrogen-bond donors (Lipinski definition) is 1. The van der Waals surface area contributed by atoms with Crippen molar-refractivity contribution in [2.75, 3.05) is 20.3 Å². The maximum Gasteiger partial charge on any atom is 0.127 e. The fourth-order valence-corrected chi connectivity index (χ4v) is 1.71. The van der Waals surface area contributed by atoms with E-state index in [1.807, 2.05) is 19.2 Å². The molecule has 0 aliphatic heterocycles. The standard InChI is InChI=1S/C12H18N4O2/c1-10-12(15-18-14-10)9-16-6-3-4-11(16)8-13-5-7-17-2/h3-4,6,13H,5,7-9H2,1-2H3. The van der Waals surface area contributed by atoms with Gasteiger partial charge in [-0.2, -0.15) is 0 Å². The van der Waals surface area contributed by atoms with E-state index in [-0.39, 0.29) is 0 Å². The first-order valence-electron chi connectivity index (χ1n) is 5.93. The molecule has 2 aromatic heterocycles. The summed E-state index contributed by atoms with van der Waals surface area (Å²) >= 11 is 0. The summed E-state index contributed by atoms with van der Waals surface area (Å²) in [6, 6.07) is 4.11. The lowest BCUT2D eigenvalue weighted by Crippen LogP contribution is -2.20. The van der Waals surface area contributed by atoms with E-state index in [0.29, 0.717) is 13.2 Å². The summed E-state index contributed by atoms with van der Waals surface area (Å²) in [5, 5.41) is 11.0. The first-order valence-corrected chi connectivity index (χ1v) is 5.93. The van der Waals surface area contributed by atoms with Crippen molar-refractivity contribution >= 4 is 0 Å². The van der Waals surface area contributed by atoms with Gasteiger partial charge >= 0.3 is 0 Å². The number of rotatable bonds is 7. The SMILES string of the molecule is COCCNCc1cccn1Cc1nonc1C. The van der Waals surface area contributed by atoms with Crippen LogP contribution in [0.4, 0.5) is 0 Å². The molecule has 1 N–H and O–H groups in total. The van der Waals surface area contributed by atoms with Crippen LogP contribution in [-0.4, -0.2) is 35.1 Å². The van der Waals surface area contributed by atoms with Gasteiger partial charge in [-0.3, -0.25) is 0 Å². The van der Waals surface area contributed by atoms with Crippen LogP contribution in [0, 0.1) is 6.92 Å². The third kappa shape index (κ3) is 3.18. The third-order valence-corrected chi connectivity index (χ3v) is 2.78. The Balaban J connectivity index is 1.93. The number of ether oxygens (including phenoxy) is 1. The number of nitrogens with zero attached hydrogens (tertiary/aromatic N) is 3. The van der Waals surface area contributed by atoms with Gasteiger partial charge < -0.3 is 14.6 Å². The van der Waals surface area contributed by atoms with Crippen LogP contribution in [0.3, 0.4) is 0 Å². The molecule has 18 heavy (non-hydrogen) atoms. The number of nitrogens with one attached hydrogen (secondary N) is 1. The van der Waals surface area contributed by atoms with Crippen LogP contribution in [0.5, 0.6) is 0 Å². The Hall–Kier alpha value is -1.66. The zero-order valence-electron chi connectivity index (χ0n) is 10.7. The Morgan fingerprint density at radius 2 is 2.33 bits per heavy atom. The summed E-state index contributed by atoms with van der Waals surface area (Å²) in [5.74, 6) is 0. The average molecular weight is 250 g/mol. The molecule has 0 fully saturated rings. The van der Waals surface area contributed by atoms with Crippen molar-refractivity contribution in [2.45, 2.75) is 20.0 Å². The fourth-order valence-electron chi connectivity index (χ4n) is 1.71. The molecule has 0 saturated carbocycles. The highest BCUT2D eigenvalue weighted by Gasteiger charge is 2.08. The van der Waals surface area contributed by atoms with Crippen molar-refractivity contribution in [3.63, 3.8) is 0 Å². The van der Waals surface area contributed by atoms with E-state index in [1.165, 1.54) is 5.69 Å². The highest BCUT2D eigenvalue weighted by atomic mass is 16.6. The van der Waals surface area contributed by atoms with Gasteiger partial charge in [0.25, 0.3) is 0 Å². The van der Waals surface area contributed by atoms with Crippen LogP contribution >= 0.6 is 0 Å². The molecule has 0 amide bonds. The van der Waals surface area contributed by atoms with Gasteiger partial charge in [-0.1, -0.05) is 10.3 Å². The topological polar surface area (TPSA) is 65.1 Å². The van der Waals surface area contributed by atoms with Gasteiger partial charge in [0.2, 0.25) is 0 Å². The first-order chi connectivity index (χ1) is 8.81. The largest absolute Gasteiger partial charge is 0.383 e. The van der Waals surface area contributed by atoms with Gasteiger partial charge in [-0.25, -0.2) is 4.63 Å². The Kier molecular flexibility index (Phi) is 4.49. The summed E-state index contributed by atoms with van der Waals surface area (Å²) in [6.45, 7) is 4.94. The molecule has 0 aliphatic carbocycles. The zero-order valence-corrected chi connectivity index (χ0v) is 10.7. The molecule has 0 saturated heterocycles. The van der Waals surface area contributed by atoms with Crippen molar-refractivity contribution in [2.24, 2.45) is 0 Å². The molecule has 2 heterocycles. The van der Waals surface area contributed by atoms with E-state index in [2.05, 4.69) is 26.3 Å². The third-order valence-electron chi connectivity index (χ3n) is 2.78. The van der Waals surface area contributed by atoms with E-state index in [4.69, 9.17) is 9.37 Å². The minimum Gasteiger partial charge on any atom is -0.383 e. The molecule has 0 spiro atoms. The van der Waals surface area contributed by atoms with Crippen LogP contribution in [-0.2, 0) is 17.8 Å². The Morgan fingerprint density at radius 3 is 3.06 bits per heavy atom. The molecule has 6 heteroatoms. The van der Waals surface area contributed by atoms with Gasteiger partial charge in [0.05, 0.1) is 13.2 Å². The number of hydrogen-bond acceptors (Lipinski definition) is 5. The highest BCUT2D eigenvalue weighted by Crippen LogP contribution is 2.08. The monoisotopic (exact) mass is 250 g/mol. The molecular formula is C12H18N4O2. The second-order valence-corrected chi connectivity index (χ2v) is 4.09. The molecule has 6 nitrogen and oxygen atoms in total. The minimum absolute atomic E-state index is 0.684. The first kappa shape index (κ1) is 12.8. The molecular weight excluding hydrogens is 232 g/mol. The summed E-state index contributed by atoms with van der Waals surface area (Å²) in [6.07, 6.45) is 2.03. The van der Waals surface area contributed by atoms with Crippen LogP contribution in [0.2, 0.25) is 0 Å². The summed E-state index contributed by atoms with van der Waals surface area (Å²) in [5.41, 5.74) is 2.90. The maximum atomic E-state index is 4.99. The van der Waals surface area contributed by atoms with E-state index in [1.54, 1.807) is 7.11 Å². The second kappa shape index (κ2) is 6.32. The second-order valence-electron chi connectivity index (χ2n) is 4.09. The van der Waals surface area contributed by atoms with Crippen LogP contribution < -0.4 is 5.32 Å². The Morgan fingerprint density at radius 1 is 1.44 bits per heavy atom. The van der Waals surface area contributed by atoms with Gasteiger partial charge in [0.15, 0.2) is 0 Å². The molecule has 0 aromatic carbocycles. The molecule has 2 rings (SSSR count). The lowest BCUT2D eigenvalue weighted by atomic mass is 10.3. The molecule has 0 aliphatic rings. The van der Waals surface area contributed by atoms with Crippen molar-refractivity contribution in [3.8, 4) is 0 Å². The molecule has 0 bridgehead atoms. The van der Waals surface area contributed by atoms with Crippen molar-refractivity contribution in [1.29, 1.82) is 0 Å². The fraction of sp³-hybridized carbons (Fsp3) is 0.500. The molecule has 98 valence electrons. The minimum atomic E-state index is 0.684. The van der Waals surface area contributed by atoms with E-state index < -0.39 is 0 Å². The Labute approximate surface area is 106 Å². The smallest absolute Gasteiger partial charge is 0.127 e. The lowest BCUT2D eigenvalue weighted by molar-refractivity contribution is 0.199. The molecule has 0 unspecified atom stereocenters. The Bertz CT molecular complexity index is 478. The van der Waals surface area contributed by atoms with E-state index in [0.717, 1.165) is 24.5 Å².